The SMILES string of the molecule is CNS(=O)(=O)c1cc(C=CC(=O)N(C)C2CCC(c3ccccc3)CC2)ccc1OC. The van der Waals surface area contributed by atoms with Gasteiger partial charge in [0.2, 0.25) is 15.9 Å². The van der Waals surface area contributed by atoms with Gasteiger partial charge in [-0.1, -0.05) is 36.4 Å². The molecule has 1 aliphatic carbocycles. The van der Waals surface area contributed by atoms with Gasteiger partial charge in [0.05, 0.1) is 7.11 Å². The Balaban J connectivity index is 1.64. The minimum Gasteiger partial charge on any atom is -0.495 e. The van der Waals surface area contributed by atoms with Crippen LogP contribution in [0.5, 0.6) is 5.75 Å². The summed E-state index contributed by atoms with van der Waals surface area (Å²) in [7, 11) is 0.941. The number of carbonyl (C=O) groups is 1. The number of methoxy groups -OCH3 is 1. The van der Waals surface area contributed by atoms with Crippen molar-refractivity contribution in [1.82, 2.24) is 9.62 Å². The second-order valence-corrected chi connectivity index (χ2v) is 9.67. The lowest BCUT2D eigenvalue weighted by atomic mass is 9.81. The fraction of sp³-hybridized carbons (Fsp3) is 0.375. The normalized spacial score (nSPS) is 19.3. The molecule has 2 aromatic carbocycles. The predicted octanol–water partition coefficient (Wildman–Crippen LogP) is 3.80. The summed E-state index contributed by atoms with van der Waals surface area (Å²) in [5.74, 6) is 0.727. The average Bonchev–Trinajstić information content (AvgIpc) is 2.82. The molecule has 3 rings (SSSR count). The molecule has 0 aliphatic heterocycles. The summed E-state index contributed by atoms with van der Waals surface area (Å²) in [6.07, 6.45) is 7.23. The fourth-order valence-electron chi connectivity index (χ4n) is 4.10. The van der Waals surface area contributed by atoms with E-state index in [9.17, 15) is 13.2 Å². The summed E-state index contributed by atoms with van der Waals surface area (Å²) in [4.78, 5) is 14.6. The molecule has 1 N–H and O–H groups in total. The van der Waals surface area contributed by atoms with Crippen LogP contribution in [0, 0.1) is 0 Å². The van der Waals surface area contributed by atoms with Crippen LogP contribution in [0.3, 0.4) is 0 Å². The third-order valence-corrected chi connectivity index (χ3v) is 7.46. The standard InChI is InChI=1S/C24H30N2O4S/c1-25-31(28,29)23-17-18(9-15-22(23)30-3)10-16-24(27)26(2)21-13-11-20(12-14-21)19-7-5-4-6-8-19/h4-10,15-17,20-21,25H,11-14H2,1-3H3. The highest BCUT2D eigenvalue weighted by molar-refractivity contribution is 7.89. The number of nitrogens with zero attached hydrogens (tertiary/aromatic N) is 1. The second-order valence-electron chi connectivity index (χ2n) is 7.82. The highest BCUT2D eigenvalue weighted by Crippen LogP contribution is 2.34. The van der Waals surface area contributed by atoms with E-state index in [1.54, 1.807) is 23.1 Å². The number of carbonyl (C=O) groups excluding carboxylic acids is 1. The van der Waals surface area contributed by atoms with Crippen LogP contribution >= 0.6 is 0 Å². The van der Waals surface area contributed by atoms with Crippen LogP contribution in [0.2, 0.25) is 0 Å². The molecule has 1 fully saturated rings. The molecule has 0 aromatic heterocycles. The van der Waals surface area contributed by atoms with Gasteiger partial charge in [0.15, 0.2) is 0 Å². The fourth-order valence-corrected chi connectivity index (χ4v) is 5.03. The molecule has 1 saturated carbocycles. The maximum atomic E-state index is 12.7. The van der Waals surface area contributed by atoms with E-state index in [0.29, 0.717) is 11.5 Å². The van der Waals surface area contributed by atoms with Gasteiger partial charge in [-0.25, -0.2) is 13.1 Å². The molecule has 0 atom stereocenters. The number of sulfonamides is 1. The van der Waals surface area contributed by atoms with Gasteiger partial charge in [0.1, 0.15) is 10.6 Å². The topological polar surface area (TPSA) is 75.7 Å². The number of ether oxygens (including phenoxy) is 1. The molecule has 1 amide bonds. The van der Waals surface area contributed by atoms with Crippen LogP contribution in [-0.2, 0) is 14.8 Å². The maximum Gasteiger partial charge on any atom is 0.246 e. The van der Waals surface area contributed by atoms with Gasteiger partial charge in [-0.15, -0.1) is 0 Å². The molecule has 31 heavy (non-hydrogen) atoms. The molecule has 0 saturated heterocycles. The first-order valence-corrected chi connectivity index (χ1v) is 12.0. The zero-order chi connectivity index (χ0) is 22.4. The minimum atomic E-state index is -3.67. The van der Waals surface area contributed by atoms with Crippen molar-refractivity contribution in [1.29, 1.82) is 0 Å². The van der Waals surface area contributed by atoms with Crippen molar-refractivity contribution < 1.29 is 17.9 Å². The molecule has 7 heteroatoms. The van der Waals surface area contributed by atoms with E-state index in [1.165, 1.54) is 31.9 Å². The Bertz CT molecular complexity index is 1030. The van der Waals surface area contributed by atoms with Crippen molar-refractivity contribution in [2.45, 2.75) is 42.5 Å². The zero-order valence-corrected chi connectivity index (χ0v) is 19.1. The summed E-state index contributed by atoms with van der Waals surface area (Å²) in [5, 5.41) is 0. The molecule has 0 unspecified atom stereocenters. The molecular formula is C24H30N2O4S. The average molecular weight is 443 g/mol. The smallest absolute Gasteiger partial charge is 0.246 e. The van der Waals surface area contributed by atoms with Gasteiger partial charge in [-0.3, -0.25) is 4.79 Å². The zero-order valence-electron chi connectivity index (χ0n) is 18.2. The van der Waals surface area contributed by atoms with Crippen LogP contribution in [0.4, 0.5) is 0 Å². The third-order valence-electron chi connectivity index (χ3n) is 6.03. The van der Waals surface area contributed by atoms with E-state index in [4.69, 9.17) is 4.74 Å². The van der Waals surface area contributed by atoms with Gasteiger partial charge < -0.3 is 9.64 Å². The Hall–Kier alpha value is -2.64. The molecule has 0 spiro atoms. The van der Waals surface area contributed by atoms with Crippen molar-refractivity contribution in [2.24, 2.45) is 0 Å². The molecule has 166 valence electrons. The Kier molecular flexibility index (Phi) is 7.51. The maximum absolute atomic E-state index is 12.7. The second kappa shape index (κ2) is 10.1. The first-order valence-electron chi connectivity index (χ1n) is 10.5. The number of benzene rings is 2. The summed E-state index contributed by atoms with van der Waals surface area (Å²) in [6.45, 7) is 0. The number of hydrogen-bond donors (Lipinski definition) is 1. The first kappa shape index (κ1) is 23.0. The highest BCUT2D eigenvalue weighted by Gasteiger charge is 2.26. The molecule has 1 aliphatic rings. The van der Waals surface area contributed by atoms with Crippen molar-refractivity contribution in [3.63, 3.8) is 0 Å². The van der Waals surface area contributed by atoms with E-state index in [-0.39, 0.29) is 22.6 Å². The highest BCUT2D eigenvalue weighted by atomic mass is 32.2. The summed E-state index contributed by atoms with van der Waals surface area (Å²) in [6, 6.07) is 15.6. The molecule has 0 bridgehead atoms. The Morgan fingerprint density at radius 1 is 1.10 bits per heavy atom. The van der Waals surface area contributed by atoms with Gasteiger partial charge in [0, 0.05) is 19.2 Å². The van der Waals surface area contributed by atoms with Crippen LogP contribution < -0.4 is 9.46 Å². The summed E-state index contributed by atoms with van der Waals surface area (Å²) >= 11 is 0. The number of nitrogens with one attached hydrogen (secondary N) is 1. The lowest BCUT2D eigenvalue weighted by Crippen LogP contribution is -2.38. The van der Waals surface area contributed by atoms with E-state index >= 15 is 0 Å². The predicted molar refractivity (Wildman–Crippen MR) is 122 cm³/mol. The molecular weight excluding hydrogens is 412 g/mol. The van der Waals surface area contributed by atoms with Gasteiger partial charge in [-0.2, -0.15) is 0 Å². The van der Waals surface area contributed by atoms with Gasteiger partial charge in [-0.05, 0) is 68.0 Å². The van der Waals surface area contributed by atoms with Gasteiger partial charge in [0.25, 0.3) is 0 Å². The van der Waals surface area contributed by atoms with E-state index in [1.807, 2.05) is 13.1 Å². The van der Waals surface area contributed by atoms with Crippen LogP contribution in [0.15, 0.2) is 59.5 Å². The summed E-state index contributed by atoms with van der Waals surface area (Å²) in [5.41, 5.74) is 1.99. The minimum absolute atomic E-state index is 0.0414. The van der Waals surface area contributed by atoms with Crippen molar-refractivity contribution in [3.8, 4) is 5.75 Å². The first-order chi connectivity index (χ1) is 14.9. The number of hydrogen-bond acceptors (Lipinski definition) is 4. The lowest BCUT2D eigenvalue weighted by molar-refractivity contribution is -0.127. The molecule has 2 aromatic rings. The van der Waals surface area contributed by atoms with E-state index in [2.05, 4.69) is 29.0 Å². The Morgan fingerprint density at radius 3 is 2.39 bits per heavy atom. The van der Waals surface area contributed by atoms with E-state index in [0.717, 1.165) is 25.7 Å². The number of likely N-dealkylation sites (N-methyl/N-ethyl adjacent to an activating group) is 1. The number of amides is 1. The monoisotopic (exact) mass is 442 g/mol. The largest absolute Gasteiger partial charge is 0.495 e. The van der Waals surface area contributed by atoms with Crippen LogP contribution in [0.1, 0.15) is 42.7 Å². The third kappa shape index (κ3) is 5.54. The quantitative estimate of drug-likeness (QED) is 0.662. The van der Waals surface area contributed by atoms with Crippen molar-refractivity contribution in [2.75, 3.05) is 21.2 Å². The van der Waals surface area contributed by atoms with Gasteiger partial charge >= 0.3 is 0 Å². The van der Waals surface area contributed by atoms with Crippen molar-refractivity contribution >= 4 is 22.0 Å². The van der Waals surface area contributed by atoms with E-state index < -0.39 is 10.0 Å². The Morgan fingerprint density at radius 2 is 1.77 bits per heavy atom. The molecule has 0 heterocycles. The van der Waals surface area contributed by atoms with Crippen LogP contribution in [-0.4, -0.2) is 46.5 Å². The van der Waals surface area contributed by atoms with Crippen LogP contribution in [0.25, 0.3) is 6.08 Å². The lowest BCUT2D eigenvalue weighted by Gasteiger charge is -2.34. The number of rotatable bonds is 7. The Labute approximate surface area is 185 Å². The summed E-state index contributed by atoms with van der Waals surface area (Å²) < 4.78 is 31.9. The molecule has 6 nitrogen and oxygen atoms in total. The van der Waals surface area contributed by atoms with Crippen molar-refractivity contribution in [3.05, 3.63) is 65.7 Å². The molecule has 0 radical (unpaired) electrons.